The van der Waals surface area contributed by atoms with Gasteiger partial charge >= 0.3 is 0 Å². The molecule has 0 aliphatic heterocycles. The van der Waals surface area contributed by atoms with E-state index < -0.39 is 11.7 Å². The van der Waals surface area contributed by atoms with Crippen molar-refractivity contribution in [2.24, 2.45) is 0 Å². The first-order valence-electron chi connectivity index (χ1n) is 12.1. The zero-order valence-electron chi connectivity index (χ0n) is 22.1. The number of benzene rings is 3. The van der Waals surface area contributed by atoms with Crippen LogP contribution in [0.5, 0.6) is 28.7 Å². The van der Waals surface area contributed by atoms with Gasteiger partial charge < -0.3 is 39.2 Å². The van der Waals surface area contributed by atoms with Crippen LogP contribution in [0.4, 0.5) is 0 Å². The highest BCUT2D eigenvalue weighted by Crippen LogP contribution is 2.41. The lowest BCUT2D eigenvalue weighted by Crippen LogP contribution is -2.41. The molecule has 2 atom stereocenters. The Labute approximate surface area is 218 Å². The predicted molar refractivity (Wildman–Crippen MR) is 142 cm³/mol. The highest BCUT2D eigenvalue weighted by Gasteiger charge is 2.35. The molecular weight excluding hydrogens is 474 g/mol. The molecule has 0 radical (unpaired) electrons. The summed E-state index contributed by atoms with van der Waals surface area (Å²) in [5, 5.41) is 25.9. The lowest BCUT2D eigenvalue weighted by atomic mass is 9.81. The molecule has 3 N–H and O–H groups in total. The van der Waals surface area contributed by atoms with Crippen LogP contribution in [0, 0.1) is 0 Å². The van der Waals surface area contributed by atoms with Gasteiger partial charge in [0.2, 0.25) is 0 Å². The maximum absolute atomic E-state index is 12.2. The molecule has 0 aromatic heterocycles. The van der Waals surface area contributed by atoms with E-state index in [1.54, 1.807) is 52.7 Å². The minimum atomic E-state index is -1.42. The third kappa shape index (κ3) is 7.07. The van der Waals surface area contributed by atoms with Crippen molar-refractivity contribution >= 4 is 0 Å². The van der Waals surface area contributed by atoms with Crippen molar-refractivity contribution < 1.29 is 33.9 Å². The smallest absolute Gasteiger partial charge is 0.161 e. The standard InChI is InChI=1S/C29H37NO7/c1-20(30-18-23(31)19-37-24-9-7-6-8-10-24)17-29(32,21-11-13-25(33-2)27(15-21)35-4)22-12-14-26(34-3)28(16-22)36-5/h6-16,20,23,30-32H,17-19H2,1-5H3/t20?,23-/m1/s1. The van der Waals surface area contributed by atoms with Crippen molar-refractivity contribution in [3.05, 3.63) is 77.9 Å². The van der Waals surface area contributed by atoms with Gasteiger partial charge in [-0.1, -0.05) is 30.3 Å². The monoisotopic (exact) mass is 511 g/mol. The van der Waals surface area contributed by atoms with Gasteiger partial charge in [0.05, 0.1) is 28.4 Å². The van der Waals surface area contributed by atoms with Crippen LogP contribution in [0.15, 0.2) is 66.7 Å². The fourth-order valence-electron chi connectivity index (χ4n) is 4.21. The third-order valence-corrected chi connectivity index (χ3v) is 6.21. The van der Waals surface area contributed by atoms with Crippen LogP contribution in [0.2, 0.25) is 0 Å². The van der Waals surface area contributed by atoms with E-state index in [0.717, 1.165) is 0 Å². The van der Waals surface area contributed by atoms with Gasteiger partial charge in [-0.2, -0.15) is 0 Å². The Hall–Kier alpha value is -3.46. The van der Waals surface area contributed by atoms with Crippen molar-refractivity contribution in [1.29, 1.82) is 0 Å². The van der Waals surface area contributed by atoms with Gasteiger partial charge in [0, 0.05) is 12.6 Å². The van der Waals surface area contributed by atoms with E-state index in [9.17, 15) is 10.2 Å². The van der Waals surface area contributed by atoms with E-state index in [2.05, 4.69) is 5.32 Å². The molecule has 3 aromatic carbocycles. The molecule has 8 heteroatoms. The number of ether oxygens (including phenoxy) is 5. The second-order valence-corrected chi connectivity index (χ2v) is 8.79. The number of aliphatic hydroxyl groups is 2. The Morgan fingerprint density at radius 1 is 0.757 bits per heavy atom. The largest absolute Gasteiger partial charge is 0.493 e. The molecular formula is C29H37NO7. The summed E-state index contributed by atoms with van der Waals surface area (Å²) in [6.45, 7) is 2.40. The molecule has 0 saturated heterocycles. The Bertz CT molecular complexity index is 1070. The molecule has 0 spiro atoms. The summed E-state index contributed by atoms with van der Waals surface area (Å²) >= 11 is 0. The van der Waals surface area contributed by atoms with Crippen LogP contribution in [-0.2, 0) is 5.60 Å². The zero-order valence-corrected chi connectivity index (χ0v) is 22.1. The number of hydrogen-bond donors (Lipinski definition) is 3. The minimum Gasteiger partial charge on any atom is -0.493 e. The lowest BCUT2D eigenvalue weighted by Gasteiger charge is -2.33. The molecule has 8 nitrogen and oxygen atoms in total. The molecule has 200 valence electrons. The summed E-state index contributed by atoms with van der Waals surface area (Å²) < 4.78 is 27.4. The van der Waals surface area contributed by atoms with Crippen LogP contribution in [0.25, 0.3) is 0 Å². The Balaban J connectivity index is 1.82. The van der Waals surface area contributed by atoms with Crippen LogP contribution < -0.4 is 29.0 Å². The average molecular weight is 512 g/mol. The van der Waals surface area contributed by atoms with E-state index in [4.69, 9.17) is 23.7 Å². The predicted octanol–water partition coefficient (Wildman–Crippen LogP) is 3.77. The van der Waals surface area contributed by atoms with Crippen LogP contribution in [-0.4, -0.2) is 63.9 Å². The first kappa shape index (κ1) is 28.1. The summed E-state index contributed by atoms with van der Waals surface area (Å²) in [6.07, 6.45) is -0.428. The van der Waals surface area contributed by atoms with E-state index in [0.29, 0.717) is 52.8 Å². The molecule has 0 heterocycles. The first-order chi connectivity index (χ1) is 17.8. The Morgan fingerprint density at radius 3 is 1.76 bits per heavy atom. The summed E-state index contributed by atoms with van der Waals surface area (Å²) in [5.41, 5.74) is -0.172. The van der Waals surface area contributed by atoms with Crippen molar-refractivity contribution in [2.45, 2.75) is 31.1 Å². The summed E-state index contributed by atoms with van der Waals surface area (Å²) in [5.74, 6) is 2.84. The molecule has 0 saturated carbocycles. The SMILES string of the molecule is COc1ccc(C(O)(CC(C)NC[C@@H](O)COc2ccccc2)c2ccc(OC)c(OC)c2)cc1OC. The number of hydrogen-bond acceptors (Lipinski definition) is 8. The fraction of sp³-hybridized carbons (Fsp3) is 0.379. The highest BCUT2D eigenvalue weighted by atomic mass is 16.5. The molecule has 3 aromatic rings. The van der Waals surface area contributed by atoms with Crippen molar-refractivity contribution in [2.75, 3.05) is 41.6 Å². The number of para-hydroxylation sites is 1. The van der Waals surface area contributed by atoms with E-state index in [1.165, 1.54) is 0 Å². The molecule has 3 rings (SSSR count). The second-order valence-electron chi connectivity index (χ2n) is 8.79. The van der Waals surface area contributed by atoms with E-state index in [-0.39, 0.29) is 12.6 Å². The average Bonchev–Trinajstić information content (AvgIpc) is 2.94. The van der Waals surface area contributed by atoms with Gasteiger partial charge in [0.15, 0.2) is 23.0 Å². The molecule has 37 heavy (non-hydrogen) atoms. The quantitative estimate of drug-likeness (QED) is 0.301. The number of methoxy groups -OCH3 is 4. The summed E-state index contributed by atoms with van der Waals surface area (Å²) in [6, 6.07) is 19.9. The summed E-state index contributed by atoms with van der Waals surface area (Å²) in [7, 11) is 6.24. The Morgan fingerprint density at radius 2 is 1.27 bits per heavy atom. The fourth-order valence-corrected chi connectivity index (χ4v) is 4.21. The first-order valence-corrected chi connectivity index (χ1v) is 12.1. The molecule has 0 bridgehead atoms. The molecule has 1 unspecified atom stereocenters. The molecule has 0 aliphatic carbocycles. The van der Waals surface area contributed by atoms with Gasteiger partial charge in [-0.25, -0.2) is 0 Å². The van der Waals surface area contributed by atoms with Gasteiger partial charge in [-0.3, -0.25) is 0 Å². The topological polar surface area (TPSA) is 98.6 Å². The normalized spacial score (nSPS) is 12.9. The maximum atomic E-state index is 12.2. The van der Waals surface area contributed by atoms with Crippen LogP contribution >= 0.6 is 0 Å². The van der Waals surface area contributed by atoms with Crippen LogP contribution in [0.3, 0.4) is 0 Å². The van der Waals surface area contributed by atoms with Crippen molar-refractivity contribution in [3.63, 3.8) is 0 Å². The second kappa shape index (κ2) is 13.2. The van der Waals surface area contributed by atoms with Crippen molar-refractivity contribution in [1.82, 2.24) is 5.32 Å². The van der Waals surface area contributed by atoms with Crippen LogP contribution in [0.1, 0.15) is 24.5 Å². The third-order valence-electron chi connectivity index (χ3n) is 6.21. The highest BCUT2D eigenvalue weighted by molar-refractivity contribution is 5.51. The van der Waals surface area contributed by atoms with Crippen molar-refractivity contribution in [3.8, 4) is 28.7 Å². The summed E-state index contributed by atoms with van der Waals surface area (Å²) in [4.78, 5) is 0. The Kier molecular flexibility index (Phi) is 10.0. The molecule has 0 aliphatic rings. The van der Waals surface area contributed by atoms with E-state index in [1.807, 2.05) is 49.4 Å². The van der Waals surface area contributed by atoms with Gasteiger partial charge in [-0.05, 0) is 60.9 Å². The van der Waals surface area contributed by atoms with Gasteiger partial charge in [0.1, 0.15) is 24.1 Å². The lowest BCUT2D eigenvalue weighted by molar-refractivity contribution is 0.0552. The molecule has 0 amide bonds. The van der Waals surface area contributed by atoms with Gasteiger partial charge in [0.25, 0.3) is 0 Å². The number of aliphatic hydroxyl groups excluding tert-OH is 1. The number of nitrogens with one attached hydrogen (secondary N) is 1. The van der Waals surface area contributed by atoms with E-state index >= 15 is 0 Å². The molecule has 0 fully saturated rings. The zero-order chi connectivity index (χ0) is 26.8. The maximum Gasteiger partial charge on any atom is 0.161 e. The number of rotatable bonds is 14. The minimum absolute atomic E-state index is 0.152. The van der Waals surface area contributed by atoms with Gasteiger partial charge in [-0.15, -0.1) is 0 Å².